The van der Waals surface area contributed by atoms with E-state index in [0.29, 0.717) is 11.3 Å². The van der Waals surface area contributed by atoms with E-state index >= 15 is 0 Å². The fraction of sp³-hybridized carbons (Fsp3) is 0.148. The van der Waals surface area contributed by atoms with Crippen LogP contribution < -0.4 is 4.74 Å². The molecule has 3 aromatic carbocycles. The van der Waals surface area contributed by atoms with E-state index in [-0.39, 0.29) is 35.9 Å². The number of rotatable bonds is 8. The number of carbonyl (C=O) groups excluding carboxylic acids is 3. The number of aromatic nitrogens is 2. The molecule has 0 radical (unpaired) electrons. The van der Waals surface area contributed by atoms with Crippen molar-refractivity contribution in [2.45, 2.75) is 19.1 Å². The molecule has 36 heavy (non-hydrogen) atoms. The summed E-state index contributed by atoms with van der Waals surface area (Å²) < 4.78 is 15.9. The summed E-state index contributed by atoms with van der Waals surface area (Å²) in [6.45, 7) is -0.285. The third kappa shape index (κ3) is 4.46. The maximum absolute atomic E-state index is 13.2. The number of nitrogens with zero attached hydrogens (tertiary/aromatic N) is 3. The monoisotopic (exact) mass is 483 g/mol. The molecule has 0 bridgehead atoms. The Morgan fingerprint density at radius 2 is 1.56 bits per heavy atom. The normalized spacial score (nSPS) is 13.4. The number of hydrogen-bond acceptors (Lipinski definition) is 8. The lowest BCUT2D eigenvalue weighted by molar-refractivity contribution is -0.150. The van der Waals surface area contributed by atoms with Gasteiger partial charge in [0.25, 0.3) is 17.7 Å². The Labute approximate surface area is 206 Å². The van der Waals surface area contributed by atoms with Gasteiger partial charge in [-0.2, -0.15) is 4.98 Å². The van der Waals surface area contributed by atoms with Gasteiger partial charge in [0.1, 0.15) is 11.8 Å². The average Bonchev–Trinajstić information content (AvgIpc) is 3.49. The maximum atomic E-state index is 13.2. The molecule has 0 spiro atoms. The minimum atomic E-state index is -1.16. The predicted molar refractivity (Wildman–Crippen MR) is 127 cm³/mol. The van der Waals surface area contributed by atoms with Crippen molar-refractivity contribution in [1.82, 2.24) is 15.0 Å². The van der Waals surface area contributed by atoms with Gasteiger partial charge in [-0.25, -0.2) is 4.79 Å². The van der Waals surface area contributed by atoms with Gasteiger partial charge in [0, 0.05) is 12.0 Å². The van der Waals surface area contributed by atoms with Crippen molar-refractivity contribution in [2.75, 3.05) is 7.11 Å². The van der Waals surface area contributed by atoms with Crippen LogP contribution in [0.2, 0.25) is 0 Å². The molecule has 9 heteroatoms. The van der Waals surface area contributed by atoms with E-state index in [0.717, 1.165) is 10.5 Å². The Bertz CT molecular complexity index is 1380. The van der Waals surface area contributed by atoms with Gasteiger partial charge in [-0.05, 0) is 42.0 Å². The van der Waals surface area contributed by atoms with Crippen LogP contribution in [0.3, 0.4) is 0 Å². The molecule has 1 aliphatic heterocycles. The first kappa shape index (κ1) is 23.0. The summed E-state index contributed by atoms with van der Waals surface area (Å²) in [6.07, 6.45) is 0.106. The zero-order valence-corrected chi connectivity index (χ0v) is 19.3. The van der Waals surface area contributed by atoms with Crippen LogP contribution in [0.1, 0.15) is 32.1 Å². The molecule has 0 N–H and O–H groups in total. The Morgan fingerprint density at radius 1 is 0.917 bits per heavy atom. The molecule has 5 rings (SSSR count). The van der Waals surface area contributed by atoms with E-state index in [1.54, 1.807) is 55.6 Å². The summed E-state index contributed by atoms with van der Waals surface area (Å²) in [7, 11) is 1.57. The van der Waals surface area contributed by atoms with Crippen molar-refractivity contribution >= 4 is 17.8 Å². The molecule has 0 unspecified atom stereocenters. The summed E-state index contributed by atoms with van der Waals surface area (Å²) in [5, 5.41) is 3.87. The zero-order valence-electron chi connectivity index (χ0n) is 19.3. The molecule has 0 saturated heterocycles. The number of esters is 1. The summed E-state index contributed by atoms with van der Waals surface area (Å²) >= 11 is 0. The van der Waals surface area contributed by atoms with Gasteiger partial charge in [0.2, 0.25) is 5.82 Å². The maximum Gasteiger partial charge on any atom is 0.330 e. The van der Waals surface area contributed by atoms with Crippen LogP contribution in [0.5, 0.6) is 5.75 Å². The summed E-state index contributed by atoms with van der Waals surface area (Å²) in [5.74, 6) is -0.723. The van der Waals surface area contributed by atoms with Gasteiger partial charge in [-0.1, -0.05) is 47.6 Å². The van der Waals surface area contributed by atoms with Crippen LogP contribution in [0.15, 0.2) is 83.4 Å². The second kappa shape index (κ2) is 9.83. The third-order valence-corrected chi connectivity index (χ3v) is 5.83. The third-order valence-electron chi connectivity index (χ3n) is 5.83. The number of amides is 2. The highest BCUT2D eigenvalue weighted by atomic mass is 16.5. The lowest BCUT2D eigenvalue weighted by Gasteiger charge is -2.24. The summed E-state index contributed by atoms with van der Waals surface area (Å²) in [6, 6.07) is 21.5. The number of methoxy groups -OCH3 is 1. The van der Waals surface area contributed by atoms with Crippen LogP contribution in [-0.2, 0) is 22.6 Å². The molecule has 1 atom stereocenters. The molecule has 0 aliphatic carbocycles. The Hall–Kier alpha value is -4.79. The SMILES string of the molecule is COc1ccc(-c2nc(COC(=O)[C@H](Cc3ccccc3)N3C(=O)c4ccccc4C3=O)no2)cc1. The van der Waals surface area contributed by atoms with Gasteiger partial charge in [0.05, 0.1) is 18.2 Å². The van der Waals surface area contributed by atoms with Crippen LogP contribution in [0.4, 0.5) is 0 Å². The minimum Gasteiger partial charge on any atom is -0.497 e. The van der Waals surface area contributed by atoms with Crippen LogP contribution in [0.25, 0.3) is 11.5 Å². The number of hydrogen-bond donors (Lipinski definition) is 0. The van der Waals surface area contributed by atoms with Gasteiger partial charge < -0.3 is 14.0 Å². The molecular formula is C27H21N3O6. The topological polar surface area (TPSA) is 112 Å². The molecule has 2 amide bonds. The van der Waals surface area contributed by atoms with E-state index < -0.39 is 23.8 Å². The van der Waals surface area contributed by atoms with E-state index in [1.165, 1.54) is 0 Å². The quantitative estimate of drug-likeness (QED) is 0.276. The molecule has 0 saturated carbocycles. The Balaban J connectivity index is 1.34. The highest BCUT2D eigenvalue weighted by molar-refractivity contribution is 6.22. The number of carbonyl (C=O) groups is 3. The number of imide groups is 1. The van der Waals surface area contributed by atoms with Crippen molar-refractivity contribution in [2.24, 2.45) is 0 Å². The molecule has 0 fully saturated rings. The first-order chi connectivity index (χ1) is 17.5. The summed E-state index contributed by atoms with van der Waals surface area (Å²) in [4.78, 5) is 44.6. The Kier molecular flexibility index (Phi) is 6.27. The summed E-state index contributed by atoms with van der Waals surface area (Å²) in [5.41, 5.74) is 1.97. The van der Waals surface area contributed by atoms with Crippen molar-refractivity contribution in [3.63, 3.8) is 0 Å². The minimum absolute atomic E-state index is 0.106. The van der Waals surface area contributed by atoms with E-state index in [2.05, 4.69) is 10.1 Å². The van der Waals surface area contributed by atoms with Gasteiger partial charge in [-0.3, -0.25) is 14.5 Å². The first-order valence-electron chi connectivity index (χ1n) is 11.2. The zero-order chi connectivity index (χ0) is 25.1. The van der Waals surface area contributed by atoms with Gasteiger partial charge >= 0.3 is 5.97 Å². The van der Waals surface area contributed by atoms with Crippen LogP contribution in [-0.4, -0.2) is 46.0 Å². The van der Waals surface area contributed by atoms with Crippen LogP contribution in [0, 0.1) is 0 Å². The second-order valence-corrected chi connectivity index (χ2v) is 8.08. The molecular weight excluding hydrogens is 462 g/mol. The smallest absolute Gasteiger partial charge is 0.330 e. The largest absolute Gasteiger partial charge is 0.497 e. The standard InChI is InChI=1S/C27H21N3O6/c1-34-19-13-11-18(12-14-19)24-28-23(29-36-24)16-35-27(33)22(15-17-7-3-2-4-8-17)30-25(31)20-9-5-6-10-21(20)26(30)32/h2-14,22H,15-16H2,1H3/t22-/m0/s1. The first-order valence-corrected chi connectivity index (χ1v) is 11.2. The molecule has 2 heterocycles. The van der Waals surface area contributed by atoms with E-state index in [4.69, 9.17) is 14.0 Å². The van der Waals surface area contributed by atoms with E-state index in [9.17, 15) is 14.4 Å². The Morgan fingerprint density at radius 3 is 2.19 bits per heavy atom. The fourth-order valence-electron chi connectivity index (χ4n) is 4.00. The lowest BCUT2D eigenvalue weighted by Crippen LogP contribution is -2.47. The average molecular weight is 483 g/mol. The van der Waals surface area contributed by atoms with Gasteiger partial charge in [0.15, 0.2) is 6.61 Å². The highest BCUT2D eigenvalue weighted by Crippen LogP contribution is 2.27. The molecule has 180 valence electrons. The van der Waals surface area contributed by atoms with Crippen molar-refractivity contribution in [3.8, 4) is 17.2 Å². The fourth-order valence-corrected chi connectivity index (χ4v) is 4.00. The molecule has 9 nitrogen and oxygen atoms in total. The predicted octanol–water partition coefficient (Wildman–Crippen LogP) is 3.70. The number of fused-ring (bicyclic) bond motifs is 1. The second-order valence-electron chi connectivity index (χ2n) is 8.08. The lowest BCUT2D eigenvalue weighted by atomic mass is 10.0. The highest BCUT2D eigenvalue weighted by Gasteiger charge is 2.43. The molecule has 4 aromatic rings. The van der Waals surface area contributed by atoms with E-state index in [1.807, 2.05) is 30.3 Å². The van der Waals surface area contributed by atoms with Crippen molar-refractivity contribution in [3.05, 3.63) is 101 Å². The van der Waals surface area contributed by atoms with Crippen molar-refractivity contribution < 1.29 is 28.4 Å². The van der Waals surface area contributed by atoms with Gasteiger partial charge in [-0.15, -0.1) is 0 Å². The van der Waals surface area contributed by atoms with Crippen LogP contribution >= 0.6 is 0 Å². The van der Waals surface area contributed by atoms with Crippen molar-refractivity contribution in [1.29, 1.82) is 0 Å². The molecule has 1 aliphatic rings. The molecule has 1 aromatic heterocycles. The number of benzene rings is 3. The number of ether oxygens (including phenoxy) is 2.